The van der Waals surface area contributed by atoms with E-state index in [1.807, 2.05) is 30.1 Å². The summed E-state index contributed by atoms with van der Waals surface area (Å²) in [5, 5.41) is 4.06. The topological polar surface area (TPSA) is 49.4 Å². The molecule has 0 aliphatic carbocycles. The van der Waals surface area contributed by atoms with Crippen LogP contribution in [0.4, 0.5) is 5.69 Å². The van der Waals surface area contributed by atoms with Crippen LogP contribution in [0.15, 0.2) is 18.2 Å². The highest BCUT2D eigenvalue weighted by atomic mass is 35.5. The molecule has 1 unspecified atom stereocenters. The van der Waals surface area contributed by atoms with Crippen molar-refractivity contribution in [3.63, 3.8) is 0 Å². The average molecular weight is 331 g/mol. The Morgan fingerprint density at radius 3 is 2.71 bits per heavy atom. The number of hydrogen-bond donors (Lipinski definition) is 1. The third-order valence-electron chi connectivity index (χ3n) is 3.88. The maximum absolute atomic E-state index is 11.7. The zero-order valence-corrected chi connectivity index (χ0v) is 14.3. The number of nitrogens with zero attached hydrogens (tertiary/aromatic N) is 1. The van der Waals surface area contributed by atoms with Gasteiger partial charge in [-0.05, 0) is 18.1 Å². The van der Waals surface area contributed by atoms with E-state index in [1.165, 1.54) is 0 Å². The summed E-state index contributed by atoms with van der Waals surface area (Å²) >= 11 is 6.37. The Morgan fingerprint density at radius 1 is 1.43 bits per heavy atom. The van der Waals surface area contributed by atoms with Crippen molar-refractivity contribution in [3.8, 4) is 0 Å². The van der Waals surface area contributed by atoms with Gasteiger partial charge in [-0.1, -0.05) is 37.6 Å². The first-order chi connectivity index (χ1) is 9.80. The summed E-state index contributed by atoms with van der Waals surface area (Å²) in [6, 6.07) is 6.22. The van der Waals surface area contributed by atoms with Crippen molar-refractivity contribution < 1.29 is 8.42 Å². The lowest BCUT2D eigenvalue weighted by molar-refractivity contribution is 0.586. The van der Waals surface area contributed by atoms with Gasteiger partial charge in [0.1, 0.15) is 0 Å². The number of hydrogen-bond acceptors (Lipinski definition) is 4. The number of para-hydroxylation sites is 1. The van der Waals surface area contributed by atoms with Crippen LogP contribution < -0.4 is 10.2 Å². The van der Waals surface area contributed by atoms with Crippen molar-refractivity contribution in [1.29, 1.82) is 0 Å². The van der Waals surface area contributed by atoms with Gasteiger partial charge in [0, 0.05) is 25.7 Å². The summed E-state index contributed by atoms with van der Waals surface area (Å²) in [4.78, 5) is 2.03. The Hall–Kier alpha value is -0.780. The molecular weight excluding hydrogens is 308 g/mol. The molecule has 1 aliphatic heterocycles. The number of benzene rings is 1. The minimum absolute atomic E-state index is 0.00713. The van der Waals surface area contributed by atoms with E-state index in [1.54, 1.807) is 0 Å². The third kappa shape index (κ3) is 4.11. The third-order valence-corrected chi connectivity index (χ3v) is 5.94. The molecule has 6 heteroatoms. The Labute approximate surface area is 132 Å². The predicted octanol–water partition coefficient (Wildman–Crippen LogP) is 2.46. The maximum Gasteiger partial charge on any atom is 0.152 e. The number of nitrogens with one attached hydrogen (secondary N) is 1. The first-order valence-electron chi connectivity index (χ1n) is 7.24. The molecule has 118 valence electrons. The van der Waals surface area contributed by atoms with E-state index < -0.39 is 9.84 Å². The lowest BCUT2D eigenvalue weighted by Gasteiger charge is -2.29. The lowest BCUT2D eigenvalue weighted by Crippen LogP contribution is -2.34. The van der Waals surface area contributed by atoms with Gasteiger partial charge in [-0.15, -0.1) is 0 Å². The van der Waals surface area contributed by atoms with Gasteiger partial charge in [-0.2, -0.15) is 0 Å². The van der Waals surface area contributed by atoms with Crippen LogP contribution in [0.2, 0.25) is 5.02 Å². The van der Waals surface area contributed by atoms with Gasteiger partial charge in [0.05, 0.1) is 22.2 Å². The van der Waals surface area contributed by atoms with E-state index in [9.17, 15) is 8.42 Å². The number of anilines is 1. The van der Waals surface area contributed by atoms with E-state index >= 15 is 0 Å². The molecule has 0 aromatic heterocycles. The van der Waals surface area contributed by atoms with Crippen LogP contribution >= 0.6 is 11.6 Å². The Bertz CT molecular complexity index is 602. The van der Waals surface area contributed by atoms with Crippen LogP contribution in [0.3, 0.4) is 0 Å². The molecule has 0 radical (unpaired) electrons. The average Bonchev–Trinajstić information content (AvgIpc) is 2.76. The Balaban J connectivity index is 2.25. The van der Waals surface area contributed by atoms with E-state index in [2.05, 4.69) is 19.2 Å². The zero-order chi connectivity index (χ0) is 15.6. The van der Waals surface area contributed by atoms with Crippen molar-refractivity contribution in [1.82, 2.24) is 5.32 Å². The Morgan fingerprint density at radius 2 is 2.14 bits per heavy atom. The van der Waals surface area contributed by atoms with Crippen LogP contribution in [0.1, 0.15) is 25.8 Å². The SMILES string of the molecule is CC(C)NCc1cccc(Cl)c1N(C)C1CCS(=O)(=O)C1. The maximum atomic E-state index is 11.7. The summed E-state index contributed by atoms with van der Waals surface area (Å²) in [6.07, 6.45) is 0.668. The molecule has 0 amide bonds. The van der Waals surface area contributed by atoms with E-state index in [0.29, 0.717) is 17.5 Å². The molecule has 0 spiro atoms. The highest BCUT2D eigenvalue weighted by Gasteiger charge is 2.32. The normalized spacial score (nSPS) is 20.9. The first kappa shape index (κ1) is 16.6. The molecule has 1 N–H and O–H groups in total. The summed E-state index contributed by atoms with van der Waals surface area (Å²) < 4.78 is 23.4. The molecule has 0 saturated carbocycles. The molecule has 1 atom stereocenters. The van der Waals surface area contributed by atoms with Crippen molar-refractivity contribution in [2.75, 3.05) is 23.5 Å². The van der Waals surface area contributed by atoms with Gasteiger partial charge in [0.15, 0.2) is 9.84 Å². The second kappa shape index (κ2) is 6.55. The van der Waals surface area contributed by atoms with Gasteiger partial charge in [-0.25, -0.2) is 8.42 Å². The standard InChI is InChI=1S/C15H23ClN2O2S/c1-11(2)17-9-12-5-4-6-14(16)15(12)18(3)13-7-8-21(19,20)10-13/h4-6,11,13,17H,7-10H2,1-3H3. The van der Waals surface area contributed by atoms with Gasteiger partial charge in [0.2, 0.25) is 0 Å². The summed E-state index contributed by atoms with van der Waals surface area (Å²) in [5.74, 6) is 0.484. The largest absolute Gasteiger partial charge is 0.369 e. The van der Waals surface area contributed by atoms with E-state index in [4.69, 9.17) is 11.6 Å². The van der Waals surface area contributed by atoms with Crippen LogP contribution in [-0.2, 0) is 16.4 Å². The first-order valence-corrected chi connectivity index (χ1v) is 9.44. The highest BCUT2D eigenvalue weighted by Crippen LogP contribution is 2.32. The second-order valence-electron chi connectivity index (χ2n) is 5.95. The van der Waals surface area contributed by atoms with Crippen molar-refractivity contribution >= 4 is 27.1 Å². The molecule has 1 aromatic rings. The summed E-state index contributed by atoms with van der Waals surface area (Å²) in [6.45, 7) is 4.91. The molecule has 1 aromatic carbocycles. The van der Waals surface area contributed by atoms with Gasteiger partial charge in [-0.3, -0.25) is 0 Å². The molecule has 1 saturated heterocycles. The van der Waals surface area contributed by atoms with E-state index in [0.717, 1.165) is 17.8 Å². The quantitative estimate of drug-likeness (QED) is 0.901. The molecule has 1 fully saturated rings. The van der Waals surface area contributed by atoms with Gasteiger partial charge < -0.3 is 10.2 Å². The van der Waals surface area contributed by atoms with Crippen molar-refractivity contribution in [2.24, 2.45) is 0 Å². The minimum Gasteiger partial charge on any atom is -0.369 e. The predicted molar refractivity (Wildman–Crippen MR) is 88.9 cm³/mol. The second-order valence-corrected chi connectivity index (χ2v) is 8.59. The fourth-order valence-corrected chi connectivity index (χ4v) is 4.78. The number of sulfone groups is 1. The lowest BCUT2D eigenvalue weighted by atomic mass is 10.1. The zero-order valence-electron chi connectivity index (χ0n) is 12.8. The smallest absolute Gasteiger partial charge is 0.152 e. The van der Waals surface area contributed by atoms with Crippen molar-refractivity contribution in [2.45, 2.75) is 38.9 Å². The summed E-state index contributed by atoms with van der Waals surface area (Å²) in [7, 11) is -0.964. The highest BCUT2D eigenvalue weighted by molar-refractivity contribution is 7.91. The molecule has 4 nitrogen and oxygen atoms in total. The minimum atomic E-state index is -2.90. The molecule has 1 heterocycles. The van der Waals surface area contributed by atoms with E-state index in [-0.39, 0.29) is 17.5 Å². The van der Waals surface area contributed by atoms with Crippen LogP contribution in [-0.4, -0.2) is 39.1 Å². The van der Waals surface area contributed by atoms with Gasteiger partial charge >= 0.3 is 0 Å². The van der Waals surface area contributed by atoms with Crippen LogP contribution in [0.5, 0.6) is 0 Å². The molecule has 2 rings (SSSR count). The van der Waals surface area contributed by atoms with Crippen LogP contribution in [0.25, 0.3) is 0 Å². The Kier molecular flexibility index (Phi) is 5.17. The van der Waals surface area contributed by atoms with Crippen LogP contribution in [0, 0.1) is 0 Å². The van der Waals surface area contributed by atoms with Gasteiger partial charge in [0.25, 0.3) is 0 Å². The fourth-order valence-electron chi connectivity index (χ4n) is 2.68. The molecule has 21 heavy (non-hydrogen) atoms. The fraction of sp³-hybridized carbons (Fsp3) is 0.600. The number of halogens is 1. The monoisotopic (exact) mass is 330 g/mol. The molecule has 0 bridgehead atoms. The van der Waals surface area contributed by atoms with Crippen molar-refractivity contribution in [3.05, 3.63) is 28.8 Å². The number of rotatable bonds is 5. The molecular formula is C15H23ClN2O2S. The molecule has 1 aliphatic rings. The summed E-state index contributed by atoms with van der Waals surface area (Å²) in [5.41, 5.74) is 2.04.